The minimum atomic E-state index is -3.79. The molecule has 1 aliphatic rings. The fourth-order valence-corrected chi connectivity index (χ4v) is 4.03. The topological polar surface area (TPSA) is 147 Å². The van der Waals surface area contributed by atoms with E-state index in [9.17, 15) is 21.6 Å². The molecule has 0 radical (unpaired) electrons. The number of piperidine rings is 1. The standard InChI is InChI=1S/C9H19N3O6S2/c10-20(17,18)11-6-8-2-1-4-12(7-8)19(15,16)5-3-9(13)14/h8,11H,1-7H2,(H,13,14)(H2,10,17,18). The first-order valence-corrected chi connectivity index (χ1v) is 9.23. The Hall–Kier alpha value is -0.750. The van der Waals surface area contributed by atoms with Crippen molar-refractivity contribution in [3.63, 3.8) is 0 Å². The molecule has 11 heteroatoms. The fourth-order valence-electron chi connectivity index (χ4n) is 2.03. The van der Waals surface area contributed by atoms with Crippen molar-refractivity contribution >= 4 is 26.2 Å². The number of carboxylic acid groups (broad SMARTS) is 1. The third-order valence-corrected chi connectivity index (χ3v) is 5.43. The van der Waals surface area contributed by atoms with Crippen LogP contribution in [0.25, 0.3) is 0 Å². The zero-order valence-electron chi connectivity index (χ0n) is 10.9. The van der Waals surface area contributed by atoms with Gasteiger partial charge in [-0.15, -0.1) is 0 Å². The van der Waals surface area contributed by atoms with Gasteiger partial charge in [0.2, 0.25) is 10.0 Å². The Labute approximate surface area is 118 Å². The first-order valence-electron chi connectivity index (χ1n) is 6.07. The molecule has 1 saturated heterocycles. The highest BCUT2D eigenvalue weighted by Gasteiger charge is 2.29. The van der Waals surface area contributed by atoms with Crippen LogP contribution in [0.4, 0.5) is 0 Å². The van der Waals surface area contributed by atoms with Crippen molar-refractivity contribution < 1.29 is 26.7 Å². The molecule has 118 valence electrons. The summed E-state index contributed by atoms with van der Waals surface area (Å²) in [7, 11) is -7.41. The van der Waals surface area contributed by atoms with E-state index in [1.807, 2.05) is 0 Å². The van der Waals surface area contributed by atoms with Gasteiger partial charge in [-0.1, -0.05) is 0 Å². The lowest BCUT2D eigenvalue weighted by Gasteiger charge is -2.31. The van der Waals surface area contributed by atoms with Crippen LogP contribution in [-0.2, 0) is 25.0 Å². The number of nitrogens with one attached hydrogen (secondary N) is 1. The van der Waals surface area contributed by atoms with Crippen LogP contribution in [0.1, 0.15) is 19.3 Å². The predicted octanol–water partition coefficient (Wildman–Crippen LogP) is -1.70. The molecule has 1 atom stereocenters. The van der Waals surface area contributed by atoms with E-state index < -0.39 is 38.4 Å². The Morgan fingerprint density at radius 3 is 2.55 bits per heavy atom. The van der Waals surface area contributed by atoms with E-state index in [2.05, 4.69) is 4.72 Å². The summed E-state index contributed by atoms with van der Waals surface area (Å²) in [6, 6.07) is 0. The van der Waals surface area contributed by atoms with Gasteiger partial charge in [0.05, 0.1) is 12.2 Å². The highest BCUT2D eigenvalue weighted by Crippen LogP contribution is 2.19. The summed E-state index contributed by atoms with van der Waals surface area (Å²) in [5, 5.41) is 13.3. The van der Waals surface area contributed by atoms with E-state index in [1.165, 1.54) is 4.31 Å². The van der Waals surface area contributed by atoms with Gasteiger partial charge in [0.25, 0.3) is 10.2 Å². The van der Waals surface area contributed by atoms with Gasteiger partial charge in [0.15, 0.2) is 0 Å². The van der Waals surface area contributed by atoms with Crippen LogP contribution >= 0.6 is 0 Å². The van der Waals surface area contributed by atoms with Gasteiger partial charge >= 0.3 is 5.97 Å². The number of rotatable bonds is 7. The molecule has 9 nitrogen and oxygen atoms in total. The number of nitrogens with two attached hydrogens (primary N) is 1. The molecule has 1 aliphatic heterocycles. The second kappa shape index (κ2) is 6.80. The minimum Gasteiger partial charge on any atom is -0.481 e. The van der Waals surface area contributed by atoms with Crippen LogP contribution in [-0.4, -0.2) is 57.6 Å². The molecular formula is C9H19N3O6S2. The summed E-state index contributed by atoms with van der Waals surface area (Å²) in [6.45, 7) is 0.572. The van der Waals surface area contributed by atoms with E-state index in [-0.39, 0.29) is 19.0 Å². The van der Waals surface area contributed by atoms with Crippen molar-refractivity contribution in [2.45, 2.75) is 19.3 Å². The Balaban J connectivity index is 2.57. The SMILES string of the molecule is NS(=O)(=O)NCC1CCCN(S(=O)(=O)CCC(=O)O)C1. The lowest BCUT2D eigenvalue weighted by Crippen LogP contribution is -2.45. The van der Waals surface area contributed by atoms with Crippen molar-refractivity contribution in [2.75, 3.05) is 25.4 Å². The Morgan fingerprint density at radius 2 is 2.00 bits per heavy atom. The van der Waals surface area contributed by atoms with Crippen LogP contribution in [0.5, 0.6) is 0 Å². The van der Waals surface area contributed by atoms with Gasteiger partial charge in [-0.2, -0.15) is 8.42 Å². The van der Waals surface area contributed by atoms with Crippen LogP contribution in [0.2, 0.25) is 0 Å². The Kier molecular flexibility index (Phi) is 5.89. The first kappa shape index (κ1) is 17.3. The number of hydrogen-bond acceptors (Lipinski definition) is 5. The summed E-state index contributed by atoms with van der Waals surface area (Å²) in [5.41, 5.74) is 0. The van der Waals surface area contributed by atoms with E-state index >= 15 is 0 Å². The Morgan fingerprint density at radius 1 is 1.35 bits per heavy atom. The number of nitrogens with zero attached hydrogens (tertiary/aromatic N) is 1. The summed E-state index contributed by atoms with van der Waals surface area (Å²) >= 11 is 0. The molecular weight excluding hydrogens is 310 g/mol. The second-order valence-corrected chi connectivity index (χ2v) is 8.19. The van der Waals surface area contributed by atoms with Crippen LogP contribution in [0.15, 0.2) is 0 Å². The third kappa shape index (κ3) is 6.13. The maximum atomic E-state index is 11.9. The quantitative estimate of drug-likeness (QED) is 0.507. The third-order valence-electron chi connectivity index (χ3n) is 3.02. The lowest BCUT2D eigenvalue weighted by molar-refractivity contribution is -0.136. The zero-order chi connectivity index (χ0) is 15.4. The van der Waals surface area contributed by atoms with Crippen LogP contribution in [0, 0.1) is 5.92 Å². The summed E-state index contributed by atoms with van der Waals surface area (Å²) < 4.78 is 48.8. The lowest BCUT2D eigenvalue weighted by atomic mass is 10.0. The number of hydrogen-bond donors (Lipinski definition) is 3. The van der Waals surface area contributed by atoms with Crippen molar-refractivity contribution in [3.8, 4) is 0 Å². The largest absolute Gasteiger partial charge is 0.481 e. The maximum absolute atomic E-state index is 11.9. The first-order chi connectivity index (χ1) is 9.10. The van der Waals surface area contributed by atoms with Crippen molar-refractivity contribution in [1.29, 1.82) is 0 Å². The molecule has 4 N–H and O–H groups in total. The molecule has 0 aromatic rings. The number of sulfonamides is 1. The van der Waals surface area contributed by atoms with Gasteiger partial charge in [0.1, 0.15) is 0 Å². The van der Waals surface area contributed by atoms with Crippen molar-refractivity contribution in [1.82, 2.24) is 9.03 Å². The van der Waals surface area contributed by atoms with Crippen LogP contribution in [0.3, 0.4) is 0 Å². The van der Waals surface area contributed by atoms with E-state index in [0.29, 0.717) is 19.4 Å². The van der Waals surface area contributed by atoms with E-state index in [4.69, 9.17) is 10.2 Å². The molecule has 1 unspecified atom stereocenters. The van der Waals surface area contributed by atoms with Gasteiger partial charge in [-0.25, -0.2) is 22.6 Å². The minimum absolute atomic E-state index is 0.0732. The molecule has 0 aromatic carbocycles. The smallest absolute Gasteiger partial charge is 0.304 e. The summed E-state index contributed by atoms with van der Waals surface area (Å²) in [5.74, 6) is -1.78. The average molecular weight is 329 g/mol. The van der Waals surface area contributed by atoms with Crippen LogP contribution < -0.4 is 9.86 Å². The monoisotopic (exact) mass is 329 g/mol. The molecule has 0 amide bonds. The molecule has 0 aliphatic carbocycles. The molecule has 0 saturated carbocycles. The maximum Gasteiger partial charge on any atom is 0.304 e. The van der Waals surface area contributed by atoms with E-state index in [0.717, 1.165) is 0 Å². The highest BCUT2D eigenvalue weighted by molar-refractivity contribution is 7.89. The molecule has 1 rings (SSSR count). The number of aliphatic carboxylic acids is 1. The molecule has 0 bridgehead atoms. The number of carbonyl (C=O) groups is 1. The Bertz CT molecular complexity index is 544. The highest BCUT2D eigenvalue weighted by atomic mass is 32.2. The second-order valence-electron chi connectivity index (χ2n) is 4.72. The molecule has 1 heterocycles. The molecule has 0 aromatic heterocycles. The van der Waals surface area contributed by atoms with Crippen molar-refractivity contribution in [2.24, 2.45) is 11.1 Å². The van der Waals surface area contributed by atoms with Crippen molar-refractivity contribution in [3.05, 3.63) is 0 Å². The van der Waals surface area contributed by atoms with Gasteiger partial charge < -0.3 is 5.11 Å². The van der Waals surface area contributed by atoms with Gasteiger partial charge in [-0.05, 0) is 18.8 Å². The van der Waals surface area contributed by atoms with Gasteiger partial charge in [-0.3, -0.25) is 4.79 Å². The zero-order valence-corrected chi connectivity index (χ0v) is 12.5. The molecule has 1 fully saturated rings. The normalized spacial score (nSPS) is 21.8. The number of carboxylic acids is 1. The van der Waals surface area contributed by atoms with Gasteiger partial charge in [0, 0.05) is 19.6 Å². The molecule has 0 spiro atoms. The average Bonchev–Trinajstić information content (AvgIpc) is 2.34. The fraction of sp³-hybridized carbons (Fsp3) is 0.889. The van der Waals surface area contributed by atoms with E-state index in [1.54, 1.807) is 0 Å². The summed E-state index contributed by atoms with van der Waals surface area (Å²) in [4.78, 5) is 10.4. The summed E-state index contributed by atoms with van der Waals surface area (Å²) in [6.07, 6.45) is 0.843. The predicted molar refractivity (Wildman–Crippen MR) is 71.4 cm³/mol. The molecule has 20 heavy (non-hydrogen) atoms.